The van der Waals surface area contributed by atoms with E-state index in [4.69, 9.17) is 4.74 Å². The SMILES string of the molecule is Cc1ccc(Nc2cnc(C(=O)NCC3CCCO3)cn2)cc1Br. The van der Waals surface area contributed by atoms with E-state index in [9.17, 15) is 4.79 Å². The lowest BCUT2D eigenvalue weighted by molar-refractivity contribution is 0.0853. The number of aromatic nitrogens is 2. The highest BCUT2D eigenvalue weighted by molar-refractivity contribution is 9.10. The summed E-state index contributed by atoms with van der Waals surface area (Å²) in [6, 6.07) is 5.94. The summed E-state index contributed by atoms with van der Waals surface area (Å²) in [5.41, 5.74) is 2.35. The van der Waals surface area contributed by atoms with E-state index in [-0.39, 0.29) is 12.0 Å². The van der Waals surface area contributed by atoms with E-state index < -0.39 is 0 Å². The molecular weight excluding hydrogens is 372 g/mol. The van der Waals surface area contributed by atoms with Crippen molar-refractivity contribution >= 4 is 33.3 Å². The van der Waals surface area contributed by atoms with Gasteiger partial charge in [0.15, 0.2) is 0 Å². The molecule has 2 heterocycles. The molecule has 6 nitrogen and oxygen atoms in total. The standard InChI is InChI=1S/C17H19BrN4O2/c1-11-4-5-12(7-14(11)18)22-16-10-19-15(9-20-16)17(23)21-8-13-3-2-6-24-13/h4-5,7,9-10,13H,2-3,6,8H2,1H3,(H,20,22)(H,21,23). The lowest BCUT2D eigenvalue weighted by Gasteiger charge is -2.10. The predicted octanol–water partition coefficient (Wildman–Crippen LogP) is 3.20. The number of rotatable bonds is 5. The molecule has 0 spiro atoms. The normalized spacial score (nSPS) is 16.8. The van der Waals surface area contributed by atoms with Gasteiger partial charge in [-0.3, -0.25) is 4.79 Å². The fourth-order valence-electron chi connectivity index (χ4n) is 2.43. The Morgan fingerprint density at radius 3 is 2.92 bits per heavy atom. The molecule has 1 amide bonds. The number of hydrogen-bond acceptors (Lipinski definition) is 5. The Labute approximate surface area is 149 Å². The van der Waals surface area contributed by atoms with Crippen LogP contribution in [0.1, 0.15) is 28.9 Å². The summed E-state index contributed by atoms with van der Waals surface area (Å²) < 4.78 is 6.50. The molecule has 1 aliphatic heterocycles. The number of benzene rings is 1. The van der Waals surface area contributed by atoms with Gasteiger partial charge < -0.3 is 15.4 Å². The van der Waals surface area contributed by atoms with Crippen LogP contribution in [0.25, 0.3) is 0 Å². The summed E-state index contributed by atoms with van der Waals surface area (Å²) in [6.07, 6.45) is 5.17. The molecule has 7 heteroatoms. The zero-order valence-electron chi connectivity index (χ0n) is 13.4. The Balaban J connectivity index is 1.57. The fraction of sp³-hybridized carbons (Fsp3) is 0.353. The molecule has 1 aromatic carbocycles. The van der Waals surface area contributed by atoms with Crippen molar-refractivity contribution in [3.8, 4) is 0 Å². The Hall–Kier alpha value is -1.99. The number of carbonyl (C=O) groups is 1. The second-order valence-corrected chi connectivity index (χ2v) is 6.58. The van der Waals surface area contributed by atoms with Crippen LogP contribution < -0.4 is 10.6 Å². The van der Waals surface area contributed by atoms with E-state index in [2.05, 4.69) is 36.5 Å². The van der Waals surface area contributed by atoms with Crippen molar-refractivity contribution in [2.24, 2.45) is 0 Å². The average molecular weight is 391 g/mol. The molecule has 1 aliphatic rings. The van der Waals surface area contributed by atoms with Crippen LogP contribution in [0.3, 0.4) is 0 Å². The van der Waals surface area contributed by atoms with Gasteiger partial charge in [-0.25, -0.2) is 9.97 Å². The molecule has 0 aliphatic carbocycles. The van der Waals surface area contributed by atoms with Crippen molar-refractivity contribution in [3.05, 3.63) is 46.3 Å². The minimum atomic E-state index is -0.234. The maximum atomic E-state index is 12.1. The lowest BCUT2D eigenvalue weighted by Crippen LogP contribution is -2.32. The summed E-state index contributed by atoms with van der Waals surface area (Å²) in [5, 5.41) is 5.99. The van der Waals surface area contributed by atoms with Gasteiger partial charge in [0.2, 0.25) is 0 Å². The topological polar surface area (TPSA) is 76.1 Å². The van der Waals surface area contributed by atoms with Crippen LogP contribution in [0.5, 0.6) is 0 Å². The first-order valence-corrected chi connectivity index (χ1v) is 8.66. The molecule has 1 fully saturated rings. The van der Waals surface area contributed by atoms with Gasteiger partial charge in [-0.2, -0.15) is 0 Å². The van der Waals surface area contributed by atoms with E-state index in [1.54, 1.807) is 6.20 Å². The number of anilines is 2. The second kappa shape index (κ2) is 7.72. The summed E-state index contributed by atoms with van der Waals surface area (Å²) in [4.78, 5) is 20.5. The Bertz CT molecular complexity index is 715. The smallest absolute Gasteiger partial charge is 0.271 e. The van der Waals surface area contributed by atoms with E-state index >= 15 is 0 Å². The first-order chi connectivity index (χ1) is 11.6. The third-order valence-corrected chi connectivity index (χ3v) is 4.70. The summed E-state index contributed by atoms with van der Waals surface area (Å²) in [6.45, 7) is 3.31. The highest BCUT2D eigenvalue weighted by Crippen LogP contribution is 2.22. The van der Waals surface area contributed by atoms with Crippen molar-refractivity contribution in [3.63, 3.8) is 0 Å². The lowest BCUT2D eigenvalue weighted by atomic mass is 10.2. The Morgan fingerprint density at radius 2 is 2.25 bits per heavy atom. The molecular formula is C17H19BrN4O2. The largest absolute Gasteiger partial charge is 0.376 e. The molecule has 0 bridgehead atoms. The average Bonchev–Trinajstić information content (AvgIpc) is 3.10. The molecule has 3 rings (SSSR count). The van der Waals surface area contributed by atoms with E-state index in [1.807, 2.05) is 25.1 Å². The van der Waals surface area contributed by atoms with Crippen LogP contribution in [0.4, 0.5) is 11.5 Å². The van der Waals surface area contributed by atoms with E-state index in [0.29, 0.717) is 18.1 Å². The van der Waals surface area contributed by atoms with Crippen molar-refractivity contribution in [1.29, 1.82) is 0 Å². The van der Waals surface area contributed by atoms with Gasteiger partial charge in [0.1, 0.15) is 11.5 Å². The van der Waals surface area contributed by atoms with Crippen LogP contribution in [-0.2, 0) is 4.74 Å². The molecule has 24 heavy (non-hydrogen) atoms. The van der Waals surface area contributed by atoms with Crippen LogP contribution in [-0.4, -0.2) is 35.1 Å². The molecule has 0 radical (unpaired) electrons. The number of nitrogens with one attached hydrogen (secondary N) is 2. The van der Waals surface area contributed by atoms with Gasteiger partial charge in [-0.1, -0.05) is 22.0 Å². The molecule has 2 aromatic rings. The van der Waals surface area contributed by atoms with E-state index in [0.717, 1.165) is 35.2 Å². The predicted molar refractivity (Wildman–Crippen MR) is 95.5 cm³/mol. The van der Waals surface area contributed by atoms with Gasteiger partial charge >= 0.3 is 0 Å². The minimum absolute atomic E-state index is 0.114. The number of halogens is 1. The first kappa shape index (κ1) is 16.9. The summed E-state index contributed by atoms with van der Waals surface area (Å²) in [5.74, 6) is 0.351. The van der Waals surface area contributed by atoms with Gasteiger partial charge in [0.05, 0.1) is 18.5 Å². The van der Waals surface area contributed by atoms with Crippen molar-refractivity contribution in [1.82, 2.24) is 15.3 Å². The number of nitrogens with zero attached hydrogens (tertiary/aromatic N) is 2. The van der Waals surface area contributed by atoms with Gasteiger partial charge in [-0.05, 0) is 37.5 Å². The third-order valence-electron chi connectivity index (χ3n) is 3.84. The molecule has 1 saturated heterocycles. The number of aryl methyl sites for hydroxylation is 1. The number of hydrogen-bond donors (Lipinski definition) is 2. The minimum Gasteiger partial charge on any atom is -0.376 e. The van der Waals surface area contributed by atoms with Crippen molar-refractivity contribution in [2.45, 2.75) is 25.9 Å². The fourth-order valence-corrected chi connectivity index (χ4v) is 2.81. The Kier molecular flexibility index (Phi) is 5.42. The number of amides is 1. The third kappa shape index (κ3) is 4.30. The maximum absolute atomic E-state index is 12.1. The highest BCUT2D eigenvalue weighted by Gasteiger charge is 2.17. The Morgan fingerprint density at radius 1 is 1.38 bits per heavy atom. The molecule has 1 atom stereocenters. The number of carbonyl (C=O) groups excluding carboxylic acids is 1. The van der Waals surface area contributed by atoms with Crippen LogP contribution in [0.2, 0.25) is 0 Å². The van der Waals surface area contributed by atoms with Crippen LogP contribution in [0.15, 0.2) is 35.1 Å². The summed E-state index contributed by atoms with van der Waals surface area (Å²) >= 11 is 3.50. The van der Waals surface area contributed by atoms with Crippen molar-refractivity contribution < 1.29 is 9.53 Å². The van der Waals surface area contributed by atoms with Gasteiger partial charge in [0.25, 0.3) is 5.91 Å². The van der Waals surface area contributed by atoms with E-state index in [1.165, 1.54) is 6.20 Å². The van der Waals surface area contributed by atoms with Crippen molar-refractivity contribution in [2.75, 3.05) is 18.5 Å². The zero-order valence-corrected chi connectivity index (χ0v) is 15.0. The molecule has 1 aromatic heterocycles. The molecule has 2 N–H and O–H groups in total. The van der Waals surface area contributed by atoms with Gasteiger partial charge in [-0.15, -0.1) is 0 Å². The quantitative estimate of drug-likeness (QED) is 0.819. The first-order valence-electron chi connectivity index (χ1n) is 7.87. The summed E-state index contributed by atoms with van der Waals surface area (Å²) in [7, 11) is 0. The second-order valence-electron chi connectivity index (χ2n) is 5.72. The van der Waals surface area contributed by atoms with Crippen LogP contribution in [0, 0.1) is 6.92 Å². The van der Waals surface area contributed by atoms with Gasteiger partial charge in [0, 0.05) is 23.3 Å². The molecule has 1 unspecified atom stereocenters. The van der Waals surface area contributed by atoms with Crippen LogP contribution >= 0.6 is 15.9 Å². The molecule has 126 valence electrons. The highest BCUT2D eigenvalue weighted by atomic mass is 79.9. The number of ether oxygens (including phenoxy) is 1. The maximum Gasteiger partial charge on any atom is 0.271 e. The monoisotopic (exact) mass is 390 g/mol. The zero-order chi connectivity index (χ0) is 16.9. The molecule has 0 saturated carbocycles.